The molecule has 0 bridgehead atoms. The van der Waals surface area contributed by atoms with Gasteiger partial charge in [0.1, 0.15) is 17.3 Å². The lowest BCUT2D eigenvalue weighted by atomic mass is 10.2. The Hall–Kier alpha value is -2.80. The van der Waals surface area contributed by atoms with E-state index in [9.17, 15) is 14.4 Å². The molecule has 7 nitrogen and oxygen atoms in total. The summed E-state index contributed by atoms with van der Waals surface area (Å²) in [7, 11) is 1.54. The lowest BCUT2D eigenvalue weighted by Gasteiger charge is -2.34. The van der Waals surface area contributed by atoms with Gasteiger partial charge in [-0.2, -0.15) is 0 Å². The average Bonchev–Trinajstić information content (AvgIpc) is 2.63. The SMILES string of the molecule is COc1ccccc1N1CCN(C(=O)c2c[nH]c(=O)c(Cl)c2)CC1=O. The van der Waals surface area contributed by atoms with Crippen LogP contribution in [0.2, 0.25) is 5.02 Å². The van der Waals surface area contributed by atoms with Gasteiger partial charge in [-0.1, -0.05) is 23.7 Å². The van der Waals surface area contributed by atoms with Gasteiger partial charge in [0.2, 0.25) is 5.91 Å². The maximum atomic E-state index is 12.5. The van der Waals surface area contributed by atoms with E-state index >= 15 is 0 Å². The van der Waals surface area contributed by atoms with Crippen LogP contribution in [0.15, 0.2) is 41.3 Å². The molecule has 2 amide bonds. The number of carbonyl (C=O) groups excluding carboxylic acids is 2. The normalized spacial score (nSPS) is 14.6. The van der Waals surface area contributed by atoms with E-state index < -0.39 is 5.56 Å². The van der Waals surface area contributed by atoms with Crippen LogP contribution in [-0.4, -0.2) is 48.4 Å². The Labute approximate surface area is 148 Å². The number of nitrogens with one attached hydrogen (secondary N) is 1. The molecule has 8 heteroatoms. The van der Waals surface area contributed by atoms with Gasteiger partial charge in [-0.25, -0.2) is 0 Å². The molecular formula is C17H16ClN3O4. The van der Waals surface area contributed by atoms with Gasteiger partial charge in [-0.3, -0.25) is 14.4 Å². The molecule has 1 N–H and O–H groups in total. The number of hydrogen-bond donors (Lipinski definition) is 1. The van der Waals surface area contributed by atoms with Crippen LogP contribution < -0.4 is 15.2 Å². The van der Waals surface area contributed by atoms with Crippen molar-refractivity contribution in [1.82, 2.24) is 9.88 Å². The number of piperazine rings is 1. The van der Waals surface area contributed by atoms with Gasteiger partial charge in [-0.15, -0.1) is 0 Å². The van der Waals surface area contributed by atoms with Gasteiger partial charge in [-0.05, 0) is 18.2 Å². The van der Waals surface area contributed by atoms with Crippen LogP contribution >= 0.6 is 11.6 Å². The van der Waals surface area contributed by atoms with Gasteiger partial charge in [0, 0.05) is 19.3 Å². The summed E-state index contributed by atoms with van der Waals surface area (Å²) in [6.45, 7) is 0.648. The molecule has 130 valence electrons. The highest BCUT2D eigenvalue weighted by atomic mass is 35.5. The number of rotatable bonds is 3. The molecule has 1 aromatic heterocycles. The number of H-pyrrole nitrogens is 1. The summed E-state index contributed by atoms with van der Waals surface area (Å²) in [5.74, 6) is 0.0360. The maximum absolute atomic E-state index is 12.5. The molecule has 1 aromatic carbocycles. The highest BCUT2D eigenvalue weighted by Crippen LogP contribution is 2.29. The molecule has 1 aliphatic rings. The Morgan fingerprint density at radius 1 is 1.24 bits per heavy atom. The fraction of sp³-hybridized carbons (Fsp3) is 0.235. The van der Waals surface area contributed by atoms with Gasteiger partial charge >= 0.3 is 0 Å². The van der Waals surface area contributed by atoms with E-state index in [2.05, 4.69) is 4.98 Å². The highest BCUT2D eigenvalue weighted by Gasteiger charge is 2.30. The first-order valence-corrected chi connectivity index (χ1v) is 8.00. The minimum Gasteiger partial charge on any atom is -0.495 e. The Morgan fingerprint density at radius 2 is 2.00 bits per heavy atom. The van der Waals surface area contributed by atoms with Crippen molar-refractivity contribution in [2.24, 2.45) is 0 Å². The second-order valence-electron chi connectivity index (χ2n) is 5.51. The predicted molar refractivity (Wildman–Crippen MR) is 93.3 cm³/mol. The Bertz CT molecular complexity index is 880. The smallest absolute Gasteiger partial charge is 0.266 e. The molecular weight excluding hydrogens is 346 g/mol. The summed E-state index contributed by atoms with van der Waals surface area (Å²) in [5.41, 5.74) is 0.451. The van der Waals surface area contributed by atoms with Crippen LogP contribution in [0.1, 0.15) is 10.4 Å². The van der Waals surface area contributed by atoms with Crippen LogP contribution in [0.25, 0.3) is 0 Å². The molecule has 2 aromatic rings. The lowest BCUT2D eigenvalue weighted by Crippen LogP contribution is -2.52. The van der Waals surface area contributed by atoms with Gasteiger partial charge in [0.15, 0.2) is 0 Å². The van der Waals surface area contributed by atoms with Crippen molar-refractivity contribution in [3.63, 3.8) is 0 Å². The zero-order valence-corrected chi connectivity index (χ0v) is 14.2. The standard InChI is InChI=1S/C17H16ClN3O4/c1-25-14-5-3-2-4-13(14)21-7-6-20(10-15(21)22)17(24)11-8-12(18)16(23)19-9-11/h2-5,8-9H,6-7,10H2,1H3,(H,19,23). The van der Waals surface area contributed by atoms with Gasteiger partial charge < -0.3 is 19.5 Å². The first-order chi connectivity index (χ1) is 12.0. The topological polar surface area (TPSA) is 82.7 Å². The first kappa shape index (κ1) is 17.0. The molecule has 1 saturated heterocycles. The van der Waals surface area contributed by atoms with Crippen molar-refractivity contribution < 1.29 is 14.3 Å². The third-order valence-electron chi connectivity index (χ3n) is 3.99. The molecule has 0 radical (unpaired) electrons. The first-order valence-electron chi connectivity index (χ1n) is 7.62. The summed E-state index contributed by atoms with van der Waals surface area (Å²) in [5, 5.41) is -0.0650. The monoisotopic (exact) mass is 361 g/mol. The second kappa shape index (κ2) is 6.98. The van der Waals surface area contributed by atoms with Crippen molar-refractivity contribution in [3.05, 3.63) is 57.5 Å². The van der Waals surface area contributed by atoms with Crippen LogP contribution in [0, 0.1) is 0 Å². The van der Waals surface area contributed by atoms with Crippen LogP contribution in [0.3, 0.4) is 0 Å². The molecule has 25 heavy (non-hydrogen) atoms. The third kappa shape index (κ3) is 3.36. The maximum Gasteiger partial charge on any atom is 0.266 e. The summed E-state index contributed by atoms with van der Waals surface area (Å²) >= 11 is 5.76. The molecule has 1 fully saturated rings. The fourth-order valence-corrected chi connectivity index (χ4v) is 2.89. The Balaban J connectivity index is 1.77. The molecule has 0 aliphatic carbocycles. The number of methoxy groups -OCH3 is 1. The van der Waals surface area contributed by atoms with Crippen LogP contribution in [-0.2, 0) is 4.79 Å². The van der Waals surface area contributed by atoms with Crippen molar-refractivity contribution in [1.29, 1.82) is 0 Å². The van der Waals surface area contributed by atoms with E-state index in [0.717, 1.165) is 0 Å². The number of aromatic amines is 1. The highest BCUT2D eigenvalue weighted by molar-refractivity contribution is 6.30. The number of hydrogen-bond acceptors (Lipinski definition) is 4. The average molecular weight is 362 g/mol. The second-order valence-corrected chi connectivity index (χ2v) is 5.92. The summed E-state index contributed by atoms with van der Waals surface area (Å²) in [6.07, 6.45) is 1.30. The summed E-state index contributed by atoms with van der Waals surface area (Å²) in [4.78, 5) is 41.8. The van der Waals surface area contributed by atoms with E-state index in [1.165, 1.54) is 17.2 Å². The zero-order valence-electron chi connectivity index (χ0n) is 13.5. The molecule has 1 aliphatic heterocycles. The molecule has 0 atom stereocenters. The summed E-state index contributed by atoms with van der Waals surface area (Å²) in [6, 6.07) is 8.54. The molecule has 3 rings (SSSR count). The number of ether oxygens (including phenoxy) is 1. The fourth-order valence-electron chi connectivity index (χ4n) is 2.72. The van der Waals surface area contributed by atoms with Crippen molar-refractivity contribution in [3.8, 4) is 5.75 Å². The number of amides is 2. The predicted octanol–water partition coefficient (Wildman–Crippen LogP) is 1.53. The number of nitrogens with zero attached hydrogens (tertiary/aromatic N) is 2. The van der Waals surface area contributed by atoms with E-state index in [-0.39, 0.29) is 28.9 Å². The third-order valence-corrected chi connectivity index (χ3v) is 4.27. The van der Waals surface area contributed by atoms with Crippen LogP contribution in [0.5, 0.6) is 5.75 Å². The van der Waals surface area contributed by atoms with E-state index in [1.54, 1.807) is 24.1 Å². The quantitative estimate of drug-likeness (QED) is 0.898. The largest absolute Gasteiger partial charge is 0.495 e. The zero-order chi connectivity index (χ0) is 18.0. The molecule has 2 heterocycles. The van der Waals surface area contributed by atoms with Crippen molar-refractivity contribution in [2.45, 2.75) is 0 Å². The van der Waals surface area contributed by atoms with E-state index in [4.69, 9.17) is 16.3 Å². The minimum atomic E-state index is -0.463. The number of benzene rings is 1. The van der Waals surface area contributed by atoms with Gasteiger partial charge in [0.25, 0.3) is 11.5 Å². The van der Waals surface area contributed by atoms with E-state index in [0.29, 0.717) is 24.5 Å². The van der Waals surface area contributed by atoms with E-state index in [1.807, 2.05) is 12.1 Å². The number of halogens is 1. The van der Waals surface area contributed by atoms with Crippen molar-refractivity contribution in [2.75, 3.05) is 31.6 Å². The Kier molecular flexibility index (Phi) is 4.76. The number of carbonyl (C=O) groups is 2. The number of aromatic nitrogens is 1. The lowest BCUT2D eigenvalue weighted by molar-refractivity contribution is -0.120. The molecule has 0 unspecified atom stereocenters. The molecule has 0 spiro atoms. The summed E-state index contributed by atoms with van der Waals surface area (Å²) < 4.78 is 5.29. The molecule has 0 saturated carbocycles. The number of pyridine rings is 1. The van der Waals surface area contributed by atoms with Crippen molar-refractivity contribution >= 4 is 29.1 Å². The minimum absolute atomic E-state index is 0.0619. The number of para-hydroxylation sites is 2. The van der Waals surface area contributed by atoms with Gasteiger partial charge in [0.05, 0.1) is 18.4 Å². The van der Waals surface area contributed by atoms with Crippen LogP contribution in [0.4, 0.5) is 5.69 Å². The Morgan fingerprint density at radius 3 is 2.68 bits per heavy atom. The number of anilines is 1.